The van der Waals surface area contributed by atoms with Gasteiger partial charge in [0, 0.05) is 9.86 Å². The second-order valence-corrected chi connectivity index (χ2v) is 9.87. The second kappa shape index (κ2) is 10.1. The minimum Gasteiger partial charge on any atom is -0.489 e. The van der Waals surface area contributed by atoms with Crippen molar-refractivity contribution in [1.82, 2.24) is 9.66 Å². The molecule has 6 nitrogen and oxygen atoms in total. The molecule has 0 bridgehead atoms. The number of hydrogen-bond acceptors (Lipinski definition) is 5. The molecule has 6 rings (SSSR count). The molecule has 0 spiro atoms. The minimum atomic E-state index is -0.276. The number of para-hydroxylation sites is 1. The fourth-order valence-electron chi connectivity index (χ4n) is 4.26. The molecule has 0 amide bonds. The van der Waals surface area contributed by atoms with E-state index in [0.29, 0.717) is 34.7 Å². The molecule has 2 aromatic heterocycles. The van der Waals surface area contributed by atoms with E-state index in [9.17, 15) is 4.79 Å². The van der Waals surface area contributed by atoms with E-state index in [1.54, 1.807) is 12.3 Å². The van der Waals surface area contributed by atoms with Crippen molar-refractivity contribution < 1.29 is 9.15 Å². The predicted octanol–water partition coefficient (Wildman–Crippen LogP) is 7.34. The molecular formula is C31H22BrN3O3. The summed E-state index contributed by atoms with van der Waals surface area (Å²) in [7, 11) is 0. The zero-order valence-corrected chi connectivity index (χ0v) is 22.1. The van der Waals surface area contributed by atoms with Crippen LogP contribution in [-0.4, -0.2) is 15.9 Å². The van der Waals surface area contributed by atoms with Gasteiger partial charge in [0.2, 0.25) is 5.82 Å². The summed E-state index contributed by atoms with van der Waals surface area (Å²) in [5, 5.41) is 5.91. The number of nitrogens with zero attached hydrogens (tertiary/aromatic N) is 3. The number of halogens is 1. The zero-order valence-electron chi connectivity index (χ0n) is 20.5. The van der Waals surface area contributed by atoms with E-state index in [1.807, 2.05) is 78.9 Å². The standard InChI is InChI=1S/C31H22BrN3O3/c1-20-5-4-6-22(15-20)19-37-25-12-9-21(10-13-25)18-33-35-30(34-27-8-3-2-7-26(27)31(35)36)29-17-23-16-24(32)11-14-28(23)38-29/h2-18H,19H2,1H3. The lowest BCUT2D eigenvalue weighted by Crippen LogP contribution is -2.20. The van der Waals surface area contributed by atoms with Crippen LogP contribution in [-0.2, 0) is 6.61 Å². The number of ether oxygens (including phenoxy) is 1. The van der Waals surface area contributed by atoms with Gasteiger partial charge in [-0.2, -0.15) is 9.78 Å². The van der Waals surface area contributed by atoms with Crippen molar-refractivity contribution in [3.63, 3.8) is 0 Å². The largest absolute Gasteiger partial charge is 0.489 e. The van der Waals surface area contributed by atoms with E-state index in [0.717, 1.165) is 26.7 Å². The van der Waals surface area contributed by atoms with Gasteiger partial charge in [-0.1, -0.05) is 57.9 Å². The quantitative estimate of drug-likeness (QED) is 0.199. The lowest BCUT2D eigenvalue weighted by atomic mass is 10.1. The summed E-state index contributed by atoms with van der Waals surface area (Å²) in [5.74, 6) is 1.54. The Bertz CT molecular complexity index is 1870. The van der Waals surface area contributed by atoms with Crippen molar-refractivity contribution in [1.29, 1.82) is 0 Å². The molecule has 0 N–H and O–H groups in total. The zero-order chi connectivity index (χ0) is 26.1. The maximum Gasteiger partial charge on any atom is 0.282 e. The van der Waals surface area contributed by atoms with E-state index in [2.05, 4.69) is 40.1 Å². The topological polar surface area (TPSA) is 69.6 Å². The average Bonchev–Trinajstić information content (AvgIpc) is 3.35. The van der Waals surface area contributed by atoms with Gasteiger partial charge >= 0.3 is 0 Å². The molecule has 4 aromatic carbocycles. The number of furan rings is 1. The molecule has 38 heavy (non-hydrogen) atoms. The van der Waals surface area contributed by atoms with Gasteiger partial charge in [-0.15, -0.1) is 0 Å². The highest BCUT2D eigenvalue weighted by molar-refractivity contribution is 9.10. The summed E-state index contributed by atoms with van der Waals surface area (Å²) in [4.78, 5) is 18.2. The Morgan fingerprint density at radius 1 is 0.974 bits per heavy atom. The highest BCUT2D eigenvalue weighted by atomic mass is 79.9. The molecule has 7 heteroatoms. The molecule has 0 aliphatic rings. The van der Waals surface area contributed by atoms with Crippen molar-refractivity contribution in [2.45, 2.75) is 13.5 Å². The van der Waals surface area contributed by atoms with E-state index < -0.39 is 0 Å². The van der Waals surface area contributed by atoms with Crippen LogP contribution in [0.2, 0.25) is 0 Å². The number of aromatic nitrogens is 2. The van der Waals surface area contributed by atoms with E-state index >= 15 is 0 Å². The third-order valence-electron chi connectivity index (χ3n) is 6.14. The van der Waals surface area contributed by atoms with Gasteiger partial charge in [0.1, 0.15) is 17.9 Å². The summed E-state index contributed by atoms with van der Waals surface area (Å²) in [6.45, 7) is 2.55. The third-order valence-corrected chi connectivity index (χ3v) is 6.64. The van der Waals surface area contributed by atoms with Crippen LogP contribution in [0.1, 0.15) is 16.7 Å². The van der Waals surface area contributed by atoms with Crippen LogP contribution >= 0.6 is 15.9 Å². The first-order valence-electron chi connectivity index (χ1n) is 12.1. The second-order valence-electron chi connectivity index (χ2n) is 8.95. The Morgan fingerprint density at radius 2 is 1.82 bits per heavy atom. The Morgan fingerprint density at radius 3 is 2.66 bits per heavy atom. The van der Waals surface area contributed by atoms with Gasteiger partial charge in [0.05, 0.1) is 17.1 Å². The molecule has 0 atom stereocenters. The molecule has 0 saturated heterocycles. The number of aryl methyl sites for hydroxylation is 1. The van der Waals surface area contributed by atoms with Crippen molar-refractivity contribution in [3.05, 3.63) is 129 Å². The Kier molecular flexibility index (Phi) is 6.35. The summed E-state index contributed by atoms with van der Waals surface area (Å²) in [5.41, 5.74) is 4.13. The molecule has 0 fully saturated rings. The molecule has 0 aliphatic carbocycles. The molecule has 0 radical (unpaired) electrons. The minimum absolute atomic E-state index is 0.276. The molecule has 0 saturated carbocycles. The van der Waals surface area contributed by atoms with Crippen LogP contribution in [0.5, 0.6) is 5.75 Å². The monoisotopic (exact) mass is 563 g/mol. The van der Waals surface area contributed by atoms with Gasteiger partial charge in [-0.05, 0) is 78.7 Å². The SMILES string of the molecule is Cc1cccc(COc2ccc(C=Nn3c(-c4cc5cc(Br)ccc5o4)nc4ccccc4c3=O)cc2)c1. The van der Waals surface area contributed by atoms with Crippen molar-refractivity contribution in [2.24, 2.45) is 5.10 Å². The van der Waals surface area contributed by atoms with Gasteiger partial charge < -0.3 is 9.15 Å². The van der Waals surface area contributed by atoms with E-state index in [-0.39, 0.29) is 5.56 Å². The maximum absolute atomic E-state index is 13.5. The number of benzene rings is 4. The van der Waals surface area contributed by atoms with Gasteiger partial charge in [0.15, 0.2) is 5.76 Å². The summed E-state index contributed by atoms with van der Waals surface area (Å²) in [6, 6.07) is 30.6. The molecule has 186 valence electrons. The van der Waals surface area contributed by atoms with Crippen LogP contribution in [0.25, 0.3) is 33.5 Å². The normalized spacial score (nSPS) is 11.5. The van der Waals surface area contributed by atoms with Gasteiger partial charge in [-0.25, -0.2) is 4.98 Å². The number of hydrogen-bond donors (Lipinski definition) is 0. The average molecular weight is 564 g/mol. The van der Waals surface area contributed by atoms with Crippen molar-refractivity contribution >= 4 is 44.0 Å². The molecule has 6 aromatic rings. The van der Waals surface area contributed by atoms with Crippen LogP contribution in [0.4, 0.5) is 0 Å². The molecule has 2 heterocycles. The highest BCUT2D eigenvalue weighted by Crippen LogP contribution is 2.29. The predicted molar refractivity (Wildman–Crippen MR) is 154 cm³/mol. The van der Waals surface area contributed by atoms with Crippen molar-refractivity contribution in [2.75, 3.05) is 0 Å². The fourth-order valence-corrected chi connectivity index (χ4v) is 4.64. The first-order valence-corrected chi connectivity index (χ1v) is 12.9. The van der Waals surface area contributed by atoms with E-state index in [4.69, 9.17) is 14.1 Å². The Labute approximate surface area is 227 Å². The Balaban J connectivity index is 1.33. The molecule has 0 aliphatic heterocycles. The first kappa shape index (κ1) is 23.9. The molecular weight excluding hydrogens is 542 g/mol. The van der Waals surface area contributed by atoms with Crippen LogP contribution in [0.15, 0.2) is 116 Å². The van der Waals surface area contributed by atoms with Crippen molar-refractivity contribution in [3.8, 4) is 17.3 Å². The number of fused-ring (bicyclic) bond motifs is 2. The summed E-state index contributed by atoms with van der Waals surface area (Å²) in [6.07, 6.45) is 1.63. The highest BCUT2D eigenvalue weighted by Gasteiger charge is 2.16. The smallest absolute Gasteiger partial charge is 0.282 e. The maximum atomic E-state index is 13.5. The van der Waals surface area contributed by atoms with Crippen LogP contribution in [0.3, 0.4) is 0 Å². The lowest BCUT2D eigenvalue weighted by molar-refractivity contribution is 0.306. The van der Waals surface area contributed by atoms with E-state index in [1.165, 1.54) is 10.2 Å². The van der Waals surface area contributed by atoms with Gasteiger partial charge in [-0.3, -0.25) is 4.79 Å². The summed E-state index contributed by atoms with van der Waals surface area (Å²) >= 11 is 3.49. The van der Waals surface area contributed by atoms with Gasteiger partial charge in [0.25, 0.3) is 5.56 Å². The Hall–Kier alpha value is -4.49. The van der Waals surface area contributed by atoms with Crippen LogP contribution < -0.4 is 10.3 Å². The molecule has 0 unspecified atom stereocenters. The van der Waals surface area contributed by atoms with Crippen LogP contribution in [0, 0.1) is 6.92 Å². The first-order chi connectivity index (χ1) is 18.5. The summed E-state index contributed by atoms with van der Waals surface area (Å²) < 4.78 is 14.2. The number of rotatable bonds is 6. The third kappa shape index (κ3) is 4.88. The lowest BCUT2D eigenvalue weighted by Gasteiger charge is -2.08. The fraction of sp³-hybridized carbons (Fsp3) is 0.0645.